The highest BCUT2D eigenvalue weighted by Crippen LogP contribution is 2.16. The van der Waals surface area contributed by atoms with Crippen molar-refractivity contribution >= 4 is 39.8 Å². The van der Waals surface area contributed by atoms with Crippen LogP contribution >= 0.6 is 33.9 Å². The fourth-order valence-electron chi connectivity index (χ4n) is 1.51. The van der Waals surface area contributed by atoms with E-state index in [0.717, 1.165) is 9.13 Å². The minimum atomic E-state index is -0.0257. The molecule has 1 atom stereocenters. The van der Waals surface area contributed by atoms with Crippen LogP contribution in [0.1, 0.15) is 28.9 Å². The molecule has 1 unspecified atom stereocenters. The summed E-state index contributed by atoms with van der Waals surface area (Å²) in [5, 5.41) is 7.06. The smallest absolute Gasteiger partial charge is 0.251 e. The maximum Gasteiger partial charge on any atom is 0.251 e. The molecule has 1 aromatic carbocycles. The van der Waals surface area contributed by atoms with Gasteiger partial charge in [-0.3, -0.25) is 4.79 Å². The number of halogens is 1. The van der Waals surface area contributed by atoms with Crippen molar-refractivity contribution in [3.63, 3.8) is 0 Å². The average Bonchev–Trinajstić information content (AvgIpc) is 2.82. The Balaban J connectivity index is 2.07. The molecule has 0 saturated heterocycles. The molecule has 1 heterocycles. The van der Waals surface area contributed by atoms with Gasteiger partial charge < -0.3 is 5.32 Å². The second kappa shape index (κ2) is 5.64. The van der Waals surface area contributed by atoms with E-state index in [9.17, 15) is 4.79 Å². The van der Waals surface area contributed by atoms with Gasteiger partial charge in [0.05, 0.1) is 6.04 Å². The standard InChI is InChI=1S/C13H12INOS/c1-9(11-5-6-17-8-11)15-13(16)10-3-2-4-12(14)7-10/h2-9H,1H3,(H,15,16). The number of carbonyl (C=O) groups excluding carboxylic acids is 1. The van der Waals surface area contributed by atoms with Crippen molar-refractivity contribution in [3.05, 3.63) is 55.8 Å². The number of hydrogen-bond donors (Lipinski definition) is 1. The maximum absolute atomic E-state index is 12.0. The predicted molar refractivity (Wildman–Crippen MR) is 79.4 cm³/mol. The second-order valence-corrected chi connectivity index (χ2v) is 5.79. The highest BCUT2D eigenvalue weighted by atomic mass is 127. The van der Waals surface area contributed by atoms with E-state index in [2.05, 4.69) is 33.3 Å². The van der Waals surface area contributed by atoms with Crippen LogP contribution in [0.4, 0.5) is 0 Å². The molecule has 0 aliphatic carbocycles. The minimum absolute atomic E-state index is 0.0257. The first kappa shape index (κ1) is 12.6. The normalized spacial score (nSPS) is 12.1. The molecule has 0 saturated carbocycles. The lowest BCUT2D eigenvalue weighted by Crippen LogP contribution is -2.26. The molecule has 0 radical (unpaired) electrons. The zero-order valence-corrected chi connectivity index (χ0v) is 12.3. The van der Waals surface area contributed by atoms with Crippen molar-refractivity contribution < 1.29 is 4.79 Å². The van der Waals surface area contributed by atoms with E-state index in [1.807, 2.05) is 42.6 Å². The van der Waals surface area contributed by atoms with Gasteiger partial charge in [0, 0.05) is 9.13 Å². The summed E-state index contributed by atoms with van der Waals surface area (Å²) >= 11 is 3.85. The fraction of sp³-hybridized carbons (Fsp3) is 0.154. The number of carbonyl (C=O) groups is 1. The number of benzene rings is 1. The Kier molecular flexibility index (Phi) is 4.17. The number of thiophene rings is 1. The van der Waals surface area contributed by atoms with Gasteiger partial charge in [0.2, 0.25) is 0 Å². The van der Waals surface area contributed by atoms with E-state index >= 15 is 0 Å². The number of rotatable bonds is 3. The van der Waals surface area contributed by atoms with Crippen LogP contribution in [0.2, 0.25) is 0 Å². The van der Waals surface area contributed by atoms with E-state index in [1.165, 1.54) is 0 Å². The second-order valence-electron chi connectivity index (χ2n) is 3.76. The Morgan fingerprint density at radius 1 is 1.41 bits per heavy atom. The highest BCUT2D eigenvalue weighted by molar-refractivity contribution is 14.1. The van der Waals surface area contributed by atoms with Gasteiger partial charge in [0.15, 0.2) is 0 Å². The third kappa shape index (κ3) is 3.29. The van der Waals surface area contributed by atoms with Gasteiger partial charge in [0.1, 0.15) is 0 Å². The molecule has 0 spiro atoms. The molecule has 0 aliphatic heterocycles. The number of hydrogen-bond acceptors (Lipinski definition) is 2. The summed E-state index contributed by atoms with van der Waals surface area (Å²) in [4.78, 5) is 12.0. The lowest BCUT2D eigenvalue weighted by Gasteiger charge is -2.12. The maximum atomic E-state index is 12.0. The molecule has 17 heavy (non-hydrogen) atoms. The highest BCUT2D eigenvalue weighted by Gasteiger charge is 2.11. The topological polar surface area (TPSA) is 29.1 Å². The molecule has 4 heteroatoms. The largest absolute Gasteiger partial charge is 0.345 e. The number of nitrogens with one attached hydrogen (secondary N) is 1. The van der Waals surface area contributed by atoms with Crippen LogP contribution in [0.3, 0.4) is 0 Å². The molecule has 88 valence electrons. The van der Waals surface area contributed by atoms with Crippen LogP contribution in [0, 0.1) is 3.57 Å². The zero-order valence-electron chi connectivity index (χ0n) is 9.31. The SMILES string of the molecule is CC(NC(=O)c1cccc(I)c1)c1ccsc1. The summed E-state index contributed by atoms with van der Waals surface area (Å²) in [6, 6.07) is 9.66. The van der Waals surface area contributed by atoms with Crippen LogP contribution in [0.15, 0.2) is 41.1 Å². The van der Waals surface area contributed by atoms with Crippen LogP contribution in [0.5, 0.6) is 0 Å². The van der Waals surface area contributed by atoms with E-state index in [4.69, 9.17) is 0 Å². The van der Waals surface area contributed by atoms with Gasteiger partial charge in [-0.05, 0) is 70.1 Å². The van der Waals surface area contributed by atoms with E-state index in [-0.39, 0.29) is 11.9 Å². The first-order valence-corrected chi connectivity index (χ1v) is 7.27. The van der Waals surface area contributed by atoms with Crippen molar-refractivity contribution in [3.8, 4) is 0 Å². The van der Waals surface area contributed by atoms with Crippen LogP contribution in [-0.4, -0.2) is 5.91 Å². The van der Waals surface area contributed by atoms with Gasteiger partial charge in [-0.25, -0.2) is 0 Å². The summed E-state index contributed by atoms with van der Waals surface area (Å²) in [5.74, 6) is -0.0257. The quantitative estimate of drug-likeness (QED) is 0.831. The molecule has 2 nitrogen and oxygen atoms in total. The third-order valence-electron chi connectivity index (χ3n) is 2.48. The Labute approximate surface area is 118 Å². The molecule has 2 rings (SSSR count). The molecule has 2 aromatic rings. The third-order valence-corrected chi connectivity index (χ3v) is 3.85. The van der Waals surface area contributed by atoms with Gasteiger partial charge in [-0.15, -0.1) is 0 Å². The van der Waals surface area contributed by atoms with Crippen LogP contribution in [0.25, 0.3) is 0 Å². The summed E-state index contributed by atoms with van der Waals surface area (Å²) in [5.41, 5.74) is 1.85. The van der Waals surface area contributed by atoms with E-state index in [0.29, 0.717) is 5.56 Å². The van der Waals surface area contributed by atoms with Crippen LogP contribution < -0.4 is 5.32 Å². The zero-order chi connectivity index (χ0) is 12.3. The molecular weight excluding hydrogens is 345 g/mol. The summed E-state index contributed by atoms with van der Waals surface area (Å²) in [6.07, 6.45) is 0. The monoisotopic (exact) mass is 357 g/mol. The van der Waals surface area contributed by atoms with Crippen LogP contribution in [-0.2, 0) is 0 Å². The predicted octanol–water partition coefficient (Wildman–Crippen LogP) is 3.84. The Hall–Kier alpha value is -0.880. The fourth-order valence-corrected chi connectivity index (χ4v) is 2.81. The molecule has 0 bridgehead atoms. The van der Waals surface area contributed by atoms with Crippen molar-refractivity contribution in [2.45, 2.75) is 13.0 Å². The molecule has 0 fully saturated rings. The van der Waals surface area contributed by atoms with Crippen molar-refractivity contribution in [2.75, 3.05) is 0 Å². The van der Waals surface area contributed by atoms with E-state index in [1.54, 1.807) is 11.3 Å². The Morgan fingerprint density at radius 2 is 2.24 bits per heavy atom. The summed E-state index contributed by atoms with van der Waals surface area (Å²) in [7, 11) is 0. The first-order valence-electron chi connectivity index (χ1n) is 5.25. The first-order chi connectivity index (χ1) is 8.16. The van der Waals surface area contributed by atoms with Crippen molar-refractivity contribution in [1.82, 2.24) is 5.32 Å². The summed E-state index contributed by atoms with van der Waals surface area (Å²) < 4.78 is 1.07. The molecule has 1 aromatic heterocycles. The molecule has 1 amide bonds. The van der Waals surface area contributed by atoms with Crippen molar-refractivity contribution in [1.29, 1.82) is 0 Å². The summed E-state index contributed by atoms with van der Waals surface area (Å²) in [6.45, 7) is 1.99. The van der Waals surface area contributed by atoms with Crippen molar-refractivity contribution in [2.24, 2.45) is 0 Å². The van der Waals surface area contributed by atoms with Gasteiger partial charge in [-0.2, -0.15) is 11.3 Å². The lowest BCUT2D eigenvalue weighted by atomic mass is 10.1. The molecular formula is C13H12INOS. The number of amides is 1. The molecule has 1 N–H and O–H groups in total. The van der Waals surface area contributed by atoms with Gasteiger partial charge in [0.25, 0.3) is 5.91 Å². The average molecular weight is 357 g/mol. The minimum Gasteiger partial charge on any atom is -0.345 e. The molecule has 0 aliphatic rings. The van der Waals surface area contributed by atoms with Gasteiger partial charge >= 0.3 is 0 Å². The Morgan fingerprint density at radius 3 is 2.88 bits per heavy atom. The lowest BCUT2D eigenvalue weighted by molar-refractivity contribution is 0.0940. The van der Waals surface area contributed by atoms with E-state index < -0.39 is 0 Å². The Bertz CT molecular complexity index is 510. The van der Waals surface area contributed by atoms with Gasteiger partial charge in [-0.1, -0.05) is 6.07 Å².